The van der Waals surface area contributed by atoms with Gasteiger partial charge >= 0.3 is 0 Å². The molecule has 2 aromatic carbocycles. The molecule has 1 aliphatic heterocycles. The quantitative estimate of drug-likeness (QED) is 0.893. The second kappa shape index (κ2) is 6.21. The first-order valence-electron chi connectivity index (χ1n) is 7.39. The van der Waals surface area contributed by atoms with Crippen LogP contribution in [0.4, 0.5) is 0 Å². The lowest BCUT2D eigenvalue weighted by Crippen LogP contribution is -2.31. The van der Waals surface area contributed by atoms with E-state index in [2.05, 4.69) is 29.6 Å². The summed E-state index contributed by atoms with van der Waals surface area (Å²) >= 11 is 0. The molecular weight excluding hydrogens is 246 g/mol. The number of hydrogen-bond donors (Lipinski definition) is 2. The third-order valence-corrected chi connectivity index (χ3v) is 4.19. The van der Waals surface area contributed by atoms with Crippen molar-refractivity contribution >= 4 is 0 Å². The molecule has 2 N–H and O–H groups in total. The van der Waals surface area contributed by atoms with E-state index >= 15 is 0 Å². The fraction of sp³-hybridized carbons (Fsp3) is 0.333. The highest BCUT2D eigenvalue weighted by Gasteiger charge is 2.24. The summed E-state index contributed by atoms with van der Waals surface area (Å²) in [6, 6.07) is 18.6. The van der Waals surface area contributed by atoms with Crippen molar-refractivity contribution in [1.29, 1.82) is 0 Å². The van der Waals surface area contributed by atoms with Crippen molar-refractivity contribution in [3.63, 3.8) is 0 Å². The van der Waals surface area contributed by atoms with Gasteiger partial charge in [0.1, 0.15) is 0 Å². The summed E-state index contributed by atoms with van der Waals surface area (Å²) in [6.45, 7) is 2.02. The number of aliphatic hydroxyl groups is 1. The Bertz CT molecular complexity index is 546. The second-order valence-corrected chi connectivity index (χ2v) is 5.49. The summed E-state index contributed by atoms with van der Waals surface area (Å²) in [4.78, 5) is 0. The van der Waals surface area contributed by atoms with Crippen molar-refractivity contribution in [1.82, 2.24) is 5.32 Å². The van der Waals surface area contributed by atoms with Gasteiger partial charge in [-0.1, -0.05) is 54.6 Å². The first kappa shape index (κ1) is 13.3. The van der Waals surface area contributed by atoms with Crippen molar-refractivity contribution in [2.24, 2.45) is 5.92 Å². The molecule has 1 atom stereocenters. The van der Waals surface area contributed by atoms with Gasteiger partial charge in [-0.3, -0.25) is 0 Å². The van der Waals surface area contributed by atoms with Crippen LogP contribution in [0.15, 0.2) is 54.6 Å². The van der Waals surface area contributed by atoms with Crippen LogP contribution in [-0.2, 0) is 0 Å². The number of aliphatic hydroxyl groups excluding tert-OH is 1. The summed E-state index contributed by atoms with van der Waals surface area (Å²) in [6.07, 6.45) is 1.72. The van der Waals surface area contributed by atoms with Gasteiger partial charge in [0.25, 0.3) is 0 Å². The zero-order valence-electron chi connectivity index (χ0n) is 11.6. The molecule has 104 valence electrons. The Kier molecular flexibility index (Phi) is 4.14. The Labute approximate surface area is 120 Å². The number of hydrogen-bond acceptors (Lipinski definition) is 2. The summed E-state index contributed by atoms with van der Waals surface area (Å²) in [5.41, 5.74) is 3.39. The third kappa shape index (κ3) is 2.77. The van der Waals surface area contributed by atoms with E-state index in [-0.39, 0.29) is 6.10 Å². The molecule has 2 aromatic rings. The van der Waals surface area contributed by atoms with Crippen LogP contribution in [0.1, 0.15) is 24.5 Å². The SMILES string of the molecule is OC(c1ccccc1-c1ccccc1)C1CCNCC1. The molecular formula is C18H21NO. The monoisotopic (exact) mass is 267 g/mol. The van der Waals surface area contributed by atoms with Crippen LogP contribution < -0.4 is 5.32 Å². The fourth-order valence-electron chi connectivity index (χ4n) is 3.05. The molecule has 0 amide bonds. The molecule has 1 fully saturated rings. The molecule has 1 saturated heterocycles. The molecule has 2 heteroatoms. The van der Waals surface area contributed by atoms with E-state index in [0.717, 1.165) is 37.1 Å². The number of rotatable bonds is 3. The Balaban J connectivity index is 1.93. The Morgan fingerprint density at radius 2 is 1.55 bits per heavy atom. The van der Waals surface area contributed by atoms with Crippen molar-refractivity contribution in [3.05, 3.63) is 60.2 Å². The lowest BCUT2D eigenvalue weighted by Gasteiger charge is -2.28. The molecule has 1 heterocycles. The summed E-state index contributed by atoms with van der Waals surface area (Å²) < 4.78 is 0. The molecule has 0 bridgehead atoms. The lowest BCUT2D eigenvalue weighted by atomic mass is 9.85. The first-order chi connectivity index (χ1) is 9.86. The van der Waals surface area contributed by atoms with Gasteiger partial charge in [0, 0.05) is 0 Å². The molecule has 0 aromatic heterocycles. The molecule has 20 heavy (non-hydrogen) atoms. The minimum absolute atomic E-state index is 0.362. The summed E-state index contributed by atoms with van der Waals surface area (Å²) in [5, 5.41) is 14.1. The van der Waals surface area contributed by atoms with Crippen LogP contribution in [-0.4, -0.2) is 18.2 Å². The van der Waals surface area contributed by atoms with Crippen LogP contribution in [0.25, 0.3) is 11.1 Å². The average Bonchev–Trinajstić information content (AvgIpc) is 2.56. The molecule has 1 unspecified atom stereocenters. The van der Waals surface area contributed by atoms with Crippen LogP contribution in [0.2, 0.25) is 0 Å². The number of nitrogens with one attached hydrogen (secondary N) is 1. The van der Waals surface area contributed by atoms with Gasteiger partial charge in [0.05, 0.1) is 6.10 Å². The van der Waals surface area contributed by atoms with E-state index in [4.69, 9.17) is 0 Å². The van der Waals surface area contributed by atoms with Gasteiger partial charge in [-0.25, -0.2) is 0 Å². The molecule has 0 spiro atoms. The van der Waals surface area contributed by atoms with Crippen LogP contribution >= 0.6 is 0 Å². The van der Waals surface area contributed by atoms with Crippen LogP contribution in [0.5, 0.6) is 0 Å². The molecule has 0 aliphatic carbocycles. The smallest absolute Gasteiger partial charge is 0.0825 e. The molecule has 0 saturated carbocycles. The minimum atomic E-state index is -0.367. The molecule has 1 aliphatic rings. The fourth-order valence-corrected chi connectivity index (χ4v) is 3.05. The van der Waals surface area contributed by atoms with E-state index in [1.165, 1.54) is 5.56 Å². The van der Waals surface area contributed by atoms with Gasteiger partial charge in [0.15, 0.2) is 0 Å². The van der Waals surface area contributed by atoms with Gasteiger partial charge < -0.3 is 10.4 Å². The maximum absolute atomic E-state index is 10.8. The van der Waals surface area contributed by atoms with E-state index < -0.39 is 0 Å². The molecule has 3 rings (SSSR count). The topological polar surface area (TPSA) is 32.3 Å². The van der Waals surface area contributed by atoms with Gasteiger partial charge in [-0.15, -0.1) is 0 Å². The maximum atomic E-state index is 10.8. The Morgan fingerprint density at radius 3 is 2.30 bits per heavy atom. The van der Waals surface area contributed by atoms with Crippen molar-refractivity contribution in [2.75, 3.05) is 13.1 Å². The van der Waals surface area contributed by atoms with Gasteiger partial charge in [0.2, 0.25) is 0 Å². The minimum Gasteiger partial charge on any atom is -0.388 e. The molecule has 2 nitrogen and oxygen atoms in total. The number of benzene rings is 2. The summed E-state index contributed by atoms with van der Waals surface area (Å²) in [7, 11) is 0. The largest absolute Gasteiger partial charge is 0.388 e. The highest BCUT2D eigenvalue weighted by atomic mass is 16.3. The second-order valence-electron chi connectivity index (χ2n) is 5.49. The predicted octanol–water partition coefficient (Wildman–Crippen LogP) is 3.39. The maximum Gasteiger partial charge on any atom is 0.0825 e. The molecule has 0 radical (unpaired) electrons. The predicted molar refractivity (Wildman–Crippen MR) is 82.4 cm³/mol. The zero-order chi connectivity index (χ0) is 13.8. The standard InChI is InChI=1S/C18H21NO/c20-18(15-10-12-19-13-11-15)17-9-5-4-8-16(17)14-6-2-1-3-7-14/h1-9,15,18-20H,10-13H2. The van der Waals surface area contributed by atoms with E-state index in [0.29, 0.717) is 5.92 Å². The normalized spacial score (nSPS) is 17.9. The van der Waals surface area contributed by atoms with E-state index in [9.17, 15) is 5.11 Å². The van der Waals surface area contributed by atoms with E-state index in [1.807, 2.05) is 30.3 Å². The van der Waals surface area contributed by atoms with E-state index in [1.54, 1.807) is 0 Å². The average molecular weight is 267 g/mol. The van der Waals surface area contributed by atoms with Crippen LogP contribution in [0, 0.1) is 5.92 Å². The van der Waals surface area contributed by atoms with Crippen molar-refractivity contribution in [2.45, 2.75) is 18.9 Å². The Hall–Kier alpha value is -1.64. The van der Waals surface area contributed by atoms with Crippen LogP contribution in [0.3, 0.4) is 0 Å². The lowest BCUT2D eigenvalue weighted by molar-refractivity contribution is 0.0894. The Morgan fingerprint density at radius 1 is 0.900 bits per heavy atom. The van der Waals surface area contributed by atoms with Gasteiger partial charge in [-0.05, 0) is 48.5 Å². The van der Waals surface area contributed by atoms with Gasteiger partial charge in [-0.2, -0.15) is 0 Å². The zero-order valence-corrected chi connectivity index (χ0v) is 11.6. The van der Waals surface area contributed by atoms with Crippen molar-refractivity contribution < 1.29 is 5.11 Å². The highest BCUT2D eigenvalue weighted by Crippen LogP contribution is 2.34. The number of piperidine rings is 1. The highest BCUT2D eigenvalue weighted by molar-refractivity contribution is 5.67. The van der Waals surface area contributed by atoms with Crippen molar-refractivity contribution in [3.8, 4) is 11.1 Å². The third-order valence-electron chi connectivity index (χ3n) is 4.19. The summed E-state index contributed by atoms with van der Waals surface area (Å²) in [5.74, 6) is 0.362. The first-order valence-corrected chi connectivity index (χ1v) is 7.39.